The first kappa shape index (κ1) is 26.4. The van der Waals surface area contributed by atoms with Gasteiger partial charge in [0.05, 0.1) is 12.5 Å². The predicted octanol–water partition coefficient (Wildman–Crippen LogP) is 5.46. The molecule has 0 aromatic heterocycles. The van der Waals surface area contributed by atoms with E-state index in [0.717, 1.165) is 18.6 Å². The Morgan fingerprint density at radius 2 is 1.81 bits per heavy atom. The van der Waals surface area contributed by atoms with E-state index in [0.29, 0.717) is 19.6 Å². The number of rotatable bonds is 10. The van der Waals surface area contributed by atoms with Crippen molar-refractivity contribution in [3.63, 3.8) is 0 Å². The second kappa shape index (κ2) is 9.64. The number of amides is 1. The van der Waals surface area contributed by atoms with Crippen LogP contribution in [0.25, 0.3) is 0 Å². The van der Waals surface area contributed by atoms with Crippen molar-refractivity contribution < 1.29 is 19.1 Å². The molecule has 5 heteroatoms. The van der Waals surface area contributed by atoms with Crippen molar-refractivity contribution in [2.45, 2.75) is 78.1 Å². The number of hydrogen-bond donors (Lipinski definition) is 1. The normalized spacial score (nSPS) is 26.9. The third kappa shape index (κ3) is 4.46. The van der Waals surface area contributed by atoms with Gasteiger partial charge in [-0.3, -0.25) is 14.4 Å². The first-order valence-corrected chi connectivity index (χ1v) is 13.5. The van der Waals surface area contributed by atoms with E-state index >= 15 is 0 Å². The van der Waals surface area contributed by atoms with Gasteiger partial charge >= 0.3 is 0 Å². The number of ether oxygens (including phenoxy) is 1. The van der Waals surface area contributed by atoms with Crippen LogP contribution in [0.1, 0.15) is 78.4 Å². The first-order valence-electron chi connectivity index (χ1n) is 13.5. The number of fused-ring (bicyclic) bond motifs is 1. The zero-order valence-electron chi connectivity index (χ0n) is 22.6. The molecule has 1 N–H and O–H groups in total. The number of allylic oxidation sites excluding steroid dienone is 4. The highest BCUT2D eigenvalue weighted by atomic mass is 16.5. The zero-order valence-corrected chi connectivity index (χ0v) is 22.6. The Balaban J connectivity index is 1.37. The summed E-state index contributed by atoms with van der Waals surface area (Å²) in [6.45, 7) is 14.4. The molecule has 0 aliphatic heterocycles. The summed E-state index contributed by atoms with van der Waals surface area (Å²) >= 11 is 0. The Hall–Kier alpha value is -2.69. The van der Waals surface area contributed by atoms with Gasteiger partial charge in [0, 0.05) is 35.8 Å². The Morgan fingerprint density at radius 1 is 1.08 bits per heavy atom. The van der Waals surface area contributed by atoms with E-state index in [1.54, 1.807) is 6.08 Å². The average Bonchev–Trinajstić information content (AvgIpc) is 3.32. The maximum atomic E-state index is 13.1. The molecule has 3 aliphatic carbocycles. The van der Waals surface area contributed by atoms with Crippen LogP contribution in [-0.4, -0.2) is 30.6 Å². The second-order valence-electron chi connectivity index (χ2n) is 12.0. The molecule has 1 saturated carbocycles. The van der Waals surface area contributed by atoms with Crippen LogP contribution in [0.15, 0.2) is 42.5 Å². The number of Topliss-reactive ketones (excluding diaryl/α,β-unsaturated/α-hetero) is 1. The molecule has 3 aliphatic rings. The molecule has 0 heterocycles. The van der Waals surface area contributed by atoms with Crippen molar-refractivity contribution in [3.8, 4) is 5.75 Å². The average molecular weight is 492 g/mol. The molecule has 194 valence electrons. The van der Waals surface area contributed by atoms with Gasteiger partial charge in [-0.25, -0.2) is 0 Å². The summed E-state index contributed by atoms with van der Waals surface area (Å²) in [6, 6.07) is 6.57. The van der Waals surface area contributed by atoms with E-state index in [-0.39, 0.29) is 40.6 Å². The van der Waals surface area contributed by atoms with E-state index in [4.69, 9.17) is 4.74 Å². The van der Waals surface area contributed by atoms with Gasteiger partial charge in [0.2, 0.25) is 5.91 Å². The second-order valence-corrected chi connectivity index (χ2v) is 12.0. The number of nitrogens with one attached hydrogen (secondary N) is 1. The maximum Gasteiger partial charge on any atom is 0.225 e. The Kier molecular flexibility index (Phi) is 7.07. The zero-order chi connectivity index (χ0) is 26.3. The number of benzene rings is 1. The summed E-state index contributed by atoms with van der Waals surface area (Å²) in [7, 11) is 0. The lowest BCUT2D eigenvalue weighted by atomic mass is 9.67. The van der Waals surface area contributed by atoms with Gasteiger partial charge in [-0.15, -0.1) is 0 Å². The Bertz CT molecular complexity index is 1110. The molecule has 4 atom stereocenters. The molecule has 0 saturated heterocycles. The SMILES string of the molecule is CCC(C)(C)c1ccc(OCCCNC(=O)C2C3C=CC24CC(=O)C=CC4C3=O)c(C(C)(C)CC)c1. The molecule has 1 spiro atoms. The van der Waals surface area contributed by atoms with Crippen LogP contribution in [0.2, 0.25) is 0 Å². The fourth-order valence-electron chi connectivity index (χ4n) is 5.96. The lowest BCUT2D eigenvalue weighted by Crippen LogP contribution is -2.42. The van der Waals surface area contributed by atoms with Gasteiger partial charge in [-0.2, -0.15) is 0 Å². The summed E-state index contributed by atoms with van der Waals surface area (Å²) in [5, 5.41) is 3.02. The van der Waals surface area contributed by atoms with E-state index in [9.17, 15) is 14.4 Å². The van der Waals surface area contributed by atoms with Gasteiger partial charge in [-0.05, 0) is 47.8 Å². The van der Waals surface area contributed by atoms with E-state index in [2.05, 4.69) is 65.1 Å². The molecule has 1 aromatic carbocycles. The van der Waals surface area contributed by atoms with Gasteiger partial charge < -0.3 is 10.1 Å². The fraction of sp³-hybridized carbons (Fsp3) is 0.581. The van der Waals surface area contributed by atoms with Crippen molar-refractivity contribution in [1.29, 1.82) is 0 Å². The van der Waals surface area contributed by atoms with Crippen LogP contribution in [0.4, 0.5) is 0 Å². The number of ketones is 2. The smallest absolute Gasteiger partial charge is 0.225 e. The standard InChI is InChI=1S/C31H41NO4/c1-7-29(3,4)20-10-13-25(24(18-20)30(5,6)8-2)36-17-9-16-32-28(35)26-22-14-15-31(26)19-21(33)11-12-23(31)27(22)34/h10-15,18,22-23,26H,7-9,16-17,19H2,1-6H3,(H,32,35). The molecule has 2 bridgehead atoms. The Morgan fingerprint density at radius 3 is 2.50 bits per heavy atom. The Labute approximate surface area is 215 Å². The predicted molar refractivity (Wildman–Crippen MR) is 142 cm³/mol. The van der Waals surface area contributed by atoms with E-state index < -0.39 is 17.3 Å². The largest absolute Gasteiger partial charge is 0.493 e. The van der Waals surface area contributed by atoms with Gasteiger partial charge in [-0.1, -0.05) is 71.9 Å². The number of carbonyl (C=O) groups excluding carboxylic acids is 3. The van der Waals surface area contributed by atoms with Gasteiger partial charge in [0.25, 0.3) is 0 Å². The molecule has 36 heavy (non-hydrogen) atoms. The molecule has 1 amide bonds. The van der Waals surface area contributed by atoms with Gasteiger partial charge in [0.15, 0.2) is 5.78 Å². The minimum absolute atomic E-state index is 0.00755. The topological polar surface area (TPSA) is 72.5 Å². The first-order chi connectivity index (χ1) is 17.0. The van der Waals surface area contributed by atoms with Crippen molar-refractivity contribution in [2.75, 3.05) is 13.2 Å². The molecular formula is C31H41NO4. The molecule has 4 unspecified atom stereocenters. The van der Waals surface area contributed by atoms with Crippen LogP contribution in [0.5, 0.6) is 5.75 Å². The maximum absolute atomic E-state index is 13.1. The molecule has 0 radical (unpaired) electrons. The molecule has 1 fully saturated rings. The highest BCUT2D eigenvalue weighted by Crippen LogP contribution is 2.59. The molecular weight excluding hydrogens is 450 g/mol. The lowest BCUT2D eigenvalue weighted by Gasteiger charge is -2.34. The van der Waals surface area contributed by atoms with Crippen LogP contribution in [0.3, 0.4) is 0 Å². The quantitative estimate of drug-likeness (QED) is 0.348. The van der Waals surface area contributed by atoms with Crippen molar-refractivity contribution >= 4 is 17.5 Å². The minimum Gasteiger partial charge on any atom is -0.493 e. The summed E-state index contributed by atoms with van der Waals surface area (Å²) in [4.78, 5) is 38.1. The third-order valence-electron chi connectivity index (χ3n) is 9.14. The summed E-state index contributed by atoms with van der Waals surface area (Å²) < 4.78 is 6.23. The highest BCUT2D eigenvalue weighted by Gasteiger charge is 2.64. The van der Waals surface area contributed by atoms with Crippen LogP contribution in [-0.2, 0) is 25.2 Å². The van der Waals surface area contributed by atoms with E-state index in [1.807, 2.05) is 12.2 Å². The number of carbonyl (C=O) groups is 3. The van der Waals surface area contributed by atoms with Crippen molar-refractivity contribution in [3.05, 3.63) is 53.6 Å². The van der Waals surface area contributed by atoms with Crippen LogP contribution in [0, 0.1) is 23.2 Å². The highest BCUT2D eigenvalue weighted by molar-refractivity contribution is 6.04. The van der Waals surface area contributed by atoms with E-state index in [1.165, 1.54) is 17.2 Å². The monoisotopic (exact) mass is 491 g/mol. The summed E-state index contributed by atoms with van der Waals surface area (Å²) in [5.41, 5.74) is 1.97. The molecule has 5 nitrogen and oxygen atoms in total. The fourth-order valence-corrected chi connectivity index (χ4v) is 5.96. The van der Waals surface area contributed by atoms with Gasteiger partial charge in [0.1, 0.15) is 11.5 Å². The van der Waals surface area contributed by atoms with Crippen LogP contribution < -0.4 is 10.1 Å². The number of hydrogen-bond acceptors (Lipinski definition) is 4. The van der Waals surface area contributed by atoms with Crippen molar-refractivity contribution in [2.24, 2.45) is 23.2 Å². The summed E-state index contributed by atoms with van der Waals surface area (Å²) in [5.74, 6) is -0.459. The minimum atomic E-state index is -0.678. The lowest BCUT2D eigenvalue weighted by molar-refractivity contribution is -0.130. The van der Waals surface area contributed by atoms with Crippen molar-refractivity contribution in [1.82, 2.24) is 5.32 Å². The summed E-state index contributed by atoms with van der Waals surface area (Å²) in [6.07, 6.45) is 9.94. The third-order valence-corrected chi connectivity index (χ3v) is 9.14. The molecule has 4 rings (SSSR count). The van der Waals surface area contributed by atoms with Crippen LogP contribution >= 0.6 is 0 Å². The molecule has 1 aromatic rings.